The van der Waals surface area contributed by atoms with Gasteiger partial charge in [-0.25, -0.2) is 0 Å². The first-order chi connectivity index (χ1) is 22.1. The summed E-state index contributed by atoms with van der Waals surface area (Å²) in [4.78, 5) is 53.7. The summed E-state index contributed by atoms with van der Waals surface area (Å²) in [6, 6.07) is 22.6. The van der Waals surface area contributed by atoms with Crippen molar-refractivity contribution in [1.82, 2.24) is 10.2 Å². The van der Waals surface area contributed by atoms with Crippen LogP contribution in [-0.4, -0.2) is 79.5 Å². The number of nitrogens with zero attached hydrogens (tertiary/aromatic N) is 1. The van der Waals surface area contributed by atoms with Crippen LogP contribution in [0.3, 0.4) is 0 Å². The van der Waals surface area contributed by atoms with Gasteiger partial charge in [-0.3, -0.25) is 24.5 Å². The molecule has 4 rings (SSSR count). The lowest BCUT2D eigenvalue weighted by Crippen LogP contribution is -2.54. The van der Waals surface area contributed by atoms with Crippen molar-refractivity contribution in [3.8, 4) is 0 Å². The summed E-state index contributed by atoms with van der Waals surface area (Å²) in [7, 11) is 0. The maximum absolute atomic E-state index is 14.1. The number of rotatable bonds is 13. The fourth-order valence-electron chi connectivity index (χ4n) is 5.25. The molecule has 0 radical (unpaired) electrons. The lowest BCUT2D eigenvalue weighted by Gasteiger charge is -2.27. The lowest BCUT2D eigenvalue weighted by molar-refractivity contribution is -0.159. The average Bonchev–Trinajstić information content (AvgIpc) is 3.19. The number of fused-ring (bicyclic) bond motifs is 1. The fourth-order valence-corrected chi connectivity index (χ4v) is 6.58. The van der Waals surface area contributed by atoms with Gasteiger partial charge in [-0.2, -0.15) is 0 Å². The van der Waals surface area contributed by atoms with Gasteiger partial charge in [0, 0.05) is 17.5 Å². The van der Waals surface area contributed by atoms with E-state index in [4.69, 9.17) is 14.2 Å². The van der Waals surface area contributed by atoms with Gasteiger partial charge in [-0.1, -0.05) is 72.8 Å². The molecule has 0 spiro atoms. The van der Waals surface area contributed by atoms with Crippen LogP contribution in [-0.2, 0) is 39.8 Å². The SMILES string of the molecule is CCOC(=O)C(CCc1ccccc1)NC1CSC(c2cccc3ccccc23)CN(CC(=O)OCCOC(=O)C(C)(C)C)C1=O. The Labute approximate surface area is 275 Å². The highest BCUT2D eigenvalue weighted by Gasteiger charge is 2.36. The minimum atomic E-state index is -0.740. The molecule has 9 nitrogen and oxygen atoms in total. The Bertz CT molecular complexity index is 1490. The van der Waals surface area contributed by atoms with Crippen molar-refractivity contribution in [2.75, 3.05) is 38.7 Å². The van der Waals surface area contributed by atoms with E-state index in [1.54, 1.807) is 39.5 Å². The van der Waals surface area contributed by atoms with Crippen molar-refractivity contribution in [2.45, 2.75) is 57.9 Å². The molecule has 3 atom stereocenters. The number of carbonyl (C=O) groups excluding carboxylic acids is 4. The molecular weight excluding hydrogens is 604 g/mol. The van der Waals surface area contributed by atoms with Gasteiger partial charge in [0.1, 0.15) is 25.8 Å². The summed E-state index contributed by atoms with van der Waals surface area (Å²) in [5.41, 5.74) is 1.48. The molecule has 46 heavy (non-hydrogen) atoms. The molecule has 0 aliphatic carbocycles. The van der Waals surface area contributed by atoms with Crippen LogP contribution >= 0.6 is 11.8 Å². The first kappa shape index (κ1) is 35.0. The number of hydrogen-bond acceptors (Lipinski definition) is 9. The highest BCUT2D eigenvalue weighted by atomic mass is 32.2. The minimum Gasteiger partial charge on any atom is -0.465 e. The van der Waals surface area contributed by atoms with Crippen molar-refractivity contribution >= 4 is 46.3 Å². The van der Waals surface area contributed by atoms with Gasteiger partial charge in [-0.15, -0.1) is 11.8 Å². The first-order valence-electron chi connectivity index (χ1n) is 15.7. The predicted octanol–water partition coefficient (Wildman–Crippen LogP) is 5.11. The molecule has 0 aromatic heterocycles. The smallest absolute Gasteiger partial charge is 0.325 e. The van der Waals surface area contributed by atoms with Gasteiger partial charge in [0.05, 0.1) is 18.1 Å². The van der Waals surface area contributed by atoms with Crippen LogP contribution in [0.15, 0.2) is 72.8 Å². The molecule has 1 aliphatic rings. The van der Waals surface area contributed by atoms with Gasteiger partial charge >= 0.3 is 17.9 Å². The summed E-state index contributed by atoms with van der Waals surface area (Å²) >= 11 is 1.62. The molecule has 0 saturated carbocycles. The lowest BCUT2D eigenvalue weighted by atomic mass is 9.97. The van der Waals surface area contributed by atoms with E-state index in [-0.39, 0.29) is 44.1 Å². The Morgan fingerprint density at radius 2 is 1.63 bits per heavy atom. The van der Waals surface area contributed by atoms with Gasteiger partial charge in [-0.05, 0) is 62.4 Å². The van der Waals surface area contributed by atoms with Crippen LogP contribution in [0.25, 0.3) is 10.8 Å². The van der Waals surface area contributed by atoms with E-state index in [1.165, 1.54) is 4.90 Å². The van der Waals surface area contributed by atoms with Crippen molar-refractivity contribution in [1.29, 1.82) is 0 Å². The molecule has 1 N–H and O–H groups in total. The van der Waals surface area contributed by atoms with Gasteiger partial charge in [0.2, 0.25) is 5.91 Å². The van der Waals surface area contributed by atoms with Crippen LogP contribution in [0.2, 0.25) is 0 Å². The Balaban J connectivity index is 1.52. The highest BCUT2D eigenvalue weighted by molar-refractivity contribution is 7.99. The number of benzene rings is 3. The molecule has 1 aliphatic heterocycles. The van der Waals surface area contributed by atoms with E-state index in [2.05, 4.69) is 17.4 Å². The Morgan fingerprint density at radius 1 is 0.935 bits per heavy atom. The molecule has 1 fully saturated rings. The third kappa shape index (κ3) is 9.80. The zero-order valence-electron chi connectivity index (χ0n) is 27.0. The van der Waals surface area contributed by atoms with Gasteiger partial charge in [0.15, 0.2) is 0 Å². The molecule has 1 heterocycles. The minimum absolute atomic E-state index is 0.0723. The molecule has 3 aromatic rings. The van der Waals surface area contributed by atoms with Crippen LogP contribution in [0, 0.1) is 5.41 Å². The second-order valence-electron chi connectivity index (χ2n) is 12.3. The fraction of sp³-hybridized carbons (Fsp3) is 0.444. The van der Waals surface area contributed by atoms with Gasteiger partial charge < -0.3 is 19.1 Å². The summed E-state index contributed by atoms with van der Waals surface area (Å²) in [6.45, 7) is 7.03. The topological polar surface area (TPSA) is 111 Å². The van der Waals surface area contributed by atoms with Crippen LogP contribution in [0.4, 0.5) is 0 Å². The Hall–Kier alpha value is -3.89. The largest absolute Gasteiger partial charge is 0.465 e. The summed E-state index contributed by atoms with van der Waals surface area (Å²) < 4.78 is 16.0. The van der Waals surface area contributed by atoms with Crippen LogP contribution in [0.5, 0.6) is 0 Å². The van der Waals surface area contributed by atoms with Crippen LogP contribution < -0.4 is 5.32 Å². The van der Waals surface area contributed by atoms with E-state index < -0.39 is 35.4 Å². The maximum atomic E-state index is 14.1. The summed E-state index contributed by atoms with van der Waals surface area (Å²) in [6.07, 6.45) is 1.07. The number of carbonyl (C=O) groups is 4. The number of hydrogen-bond donors (Lipinski definition) is 1. The van der Waals surface area contributed by atoms with Crippen molar-refractivity contribution in [2.24, 2.45) is 5.41 Å². The number of thioether (sulfide) groups is 1. The molecule has 1 amide bonds. The van der Waals surface area contributed by atoms with Crippen molar-refractivity contribution < 1.29 is 33.4 Å². The van der Waals surface area contributed by atoms with Crippen LogP contribution in [0.1, 0.15) is 50.5 Å². The third-order valence-corrected chi connectivity index (χ3v) is 9.01. The number of ether oxygens (including phenoxy) is 3. The van der Waals surface area contributed by atoms with E-state index in [0.29, 0.717) is 18.6 Å². The quantitative estimate of drug-likeness (QED) is 0.154. The molecule has 1 saturated heterocycles. The van der Waals surface area contributed by atoms with E-state index in [1.807, 2.05) is 60.7 Å². The van der Waals surface area contributed by atoms with Crippen molar-refractivity contribution in [3.63, 3.8) is 0 Å². The van der Waals surface area contributed by atoms with E-state index in [0.717, 1.165) is 21.9 Å². The number of nitrogens with one attached hydrogen (secondary N) is 1. The number of amides is 1. The predicted molar refractivity (Wildman–Crippen MR) is 179 cm³/mol. The Kier molecular flexibility index (Phi) is 12.6. The molecule has 3 unspecified atom stereocenters. The van der Waals surface area contributed by atoms with E-state index in [9.17, 15) is 19.2 Å². The molecule has 10 heteroatoms. The zero-order valence-corrected chi connectivity index (χ0v) is 27.8. The average molecular weight is 649 g/mol. The zero-order chi connectivity index (χ0) is 33.1. The molecule has 0 bridgehead atoms. The second kappa shape index (κ2) is 16.6. The second-order valence-corrected chi connectivity index (χ2v) is 13.5. The standard InChI is InChI=1S/C36H44N2O7S/c1-5-43-34(41)29(19-18-25-12-7-6-8-13-25)37-30-24-46-31(28-17-11-15-26-14-9-10-16-27(26)28)22-38(33(30)40)23-32(39)44-20-21-45-35(42)36(2,3)4/h6-17,29-31,37H,5,18-24H2,1-4H3. The summed E-state index contributed by atoms with van der Waals surface area (Å²) in [5.74, 6) is -1.31. The van der Waals surface area contributed by atoms with E-state index >= 15 is 0 Å². The number of esters is 3. The third-order valence-electron chi connectivity index (χ3n) is 7.68. The van der Waals surface area contributed by atoms with Gasteiger partial charge in [0.25, 0.3) is 0 Å². The first-order valence-corrected chi connectivity index (χ1v) is 16.8. The normalized spacial score (nSPS) is 17.7. The Morgan fingerprint density at radius 3 is 2.37 bits per heavy atom. The summed E-state index contributed by atoms with van der Waals surface area (Å²) in [5, 5.41) is 5.33. The van der Waals surface area contributed by atoms with Crippen molar-refractivity contribution in [3.05, 3.63) is 83.9 Å². The molecule has 246 valence electrons. The highest BCUT2D eigenvalue weighted by Crippen LogP contribution is 2.37. The molecule has 3 aromatic carbocycles. The monoisotopic (exact) mass is 648 g/mol. The number of aryl methyl sites for hydroxylation is 1. The maximum Gasteiger partial charge on any atom is 0.325 e. The molecular formula is C36H44N2O7S.